The first-order chi connectivity index (χ1) is 10.9. The van der Waals surface area contributed by atoms with Crippen LogP contribution in [0.15, 0.2) is 25.3 Å². The molecular formula is C12H18N2Na2O8S2. The Morgan fingerprint density at radius 1 is 0.731 bits per heavy atom. The second-order valence-corrected chi connectivity index (χ2v) is 7.63. The molecule has 0 aromatic heterocycles. The fourth-order valence-electron chi connectivity index (χ4n) is 1.61. The van der Waals surface area contributed by atoms with Crippen LogP contribution in [0.2, 0.25) is 0 Å². The van der Waals surface area contributed by atoms with E-state index in [1.807, 2.05) is 0 Å². The summed E-state index contributed by atoms with van der Waals surface area (Å²) in [5.74, 6) is -2.98. The number of hydrogen-bond acceptors (Lipinski definition) is 8. The van der Waals surface area contributed by atoms with Crippen molar-refractivity contribution >= 4 is 32.1 Å². The van der Waals surface area contributed by atoms with Gasteiger partial charge < -0.3 is 18.9 Å². The summed E-state index contributed by atoms with van der Waals surface area (Å²) < 4.78 is 63.9. The predicted molar refractivity (Wildman–Crippen MR) is 82.7 cm³/mol. The Labute approximate surface area is 197 Å². The van der Waals surface area contributed by atoms with Crippen LogP contribution in [-0.4, -0.2) is 85.2 Å². The second-order valence-electron chi connectivity index (χ2n) is 4.58. The van der Waals surface area contributed by atoms with Gasteiger partial charge in [0.1, 0.15) is 0 Å². The quantitative estimate of drug-likeness (QED) is 0.179. The summed E-state index contributed by atoms with van der Waals surface area (Å²) in [5, 5.41) is 0. The standard InChI is InChI=1S/C12H20N2O8S2.2Na/c1-3-11(15)13(7-9-23(17,18)19)5-6-14(12(16)4-2)8-10-24(20,21)22;;/h3-4H,1-2,5-10H2,(H,17,18,19)(H,20,21,22);;/q;2*+1/p-2. The van der Waals surface area contributed by atoms with Gasteiger partial charge in [-0.05, 0) is 12.2 Å². The van der Waals surface area contributed by atoms with Crippen molar-refractivity contribution < 1.29 is 94.6 Å². The van der Waals surface area contributed by atoms with Crippen LogP contribution < -0.4 is 59.1 Å². The average Bonchev–Trinajstić information content (AvgIpc) is 2.46. The number of carbonyl (C=O) groups excluding carboxylic acids is 2. The van der Waals surface area contributed by atoms with E-state index in [-0.39, 0.29) is 72.2 Å². The van der Waals surface area contributed by atoms with Crippen molar-refractivity contribution in [1.82, 2.24) is 9.80 Å². The molecule has 26 heavy (non-hydrogen) atoms. The van der Waals surface area contributed by atoms with Crippen LogP contribution in [-0.2, 0) is 29.8 Å². The normalized spacial score (nSPS) is 10.7. The van der Waals surface area contributed by atoms with Crippen LogP contribution in [0, 0.1) is 0 Å². The Hall–Kier alpha value is 0.240. The first-order valence-electron chi connectivity index (χ1n) is 6.59. The van der Waals surface area contributed by atoms with Gasteiger partial charge in [-0.15, -0.1) is 0 Å². The largest absolute Gasteiger partial charge is 1.00 e. The molecule has 0 heterocycles. The maximum absolute atomic E-state index is 11.6. The average molecular weight is 428 g/mol. The third-order valence-electron chi connectivity index (χ3n) is 2.83. The van der Waals surface area contributed by atoms with Crippen molar-refractivity contribution in [2.75, 3.05) is 37.7 Å². The van der Waals surface area contributed by atoms with Crippen LogP contribution in [0.1, 0.15) is 0 Å². The predicted octanol–water partition coefficient (Wildman–Crippen LogP) is -7.89. The minimum absolute atomic E-state index is 0. The molecule has 10 nitrogen and oxygen atoms in total. The summed E-state index contributed by atoms with van der Waals surface area (Å²) in [6, 6.07) is 0. The third kappa shape index (κ3) is 15.3. The molecule has 0 N–H and O–H groups in total. The molecule has 0 rings (SSSR count). The minimum Gasteiger partial charge on any atom is -0.748 e. The molecular weight excluding hydrogens is 410 g/mol. The topological polar surface area (TPSA) is 155 Å². The van der Waals surface area contributed by atoms with Gasteiger partial charge >= 0.3 is 59.1 Å². The van der Waals surface area contributed by atoms with E-state index < -0.39 is 56.6 Å². The Balaban J connectivity index is -0.00000264. The van der Waals surface area contributed by atoms with E-state index in [4.69, 9.17) is 0 Å². The van der Waals surface area contributed by atoms with E-state index in [1.165, 1.54) is 0 Å². The van der Waals surface area contributed by atoms with Crippen LogP contribution in [0.3, 0.4) is 0 Å². The summed E-state index contributed by atoms with van der Waals surface area (Å²) in [4.78, 5) is 25.2. The zero-order chi connectivity index (χ0) is 19.0. The molecule has 0 aromatic carbocycles. The molecule has 0 aromatic rings. The maximum atomic E-state index is 11.6. The molecule has 0 aliphatic heterocycles. The summed E-state index contributed by atoms with van der Waals surface area (Å²) in [6.45, 7) is 5.29. The molecule has 0 aliphatic carbocycles. The third-order valence-corrected chi connectivity index (χ3v) is 4.20. The first kappa shape index (κ1) is 31.0. The zero-order valence-electron chi connectivity index (χ0n) is 14.8. The number of hydrogen-bond donors (Lipinski definition) is 0. The van der Waals surface area contributed by atoms with Gasteiger partial charge in [0.05, 0.1) is 31.7 Å². The number of nitrogens with zero attached hydrogens (tertiary/aromatic N) is 2. The molecule has 0 unspecified atom stereocenters. The summed E-state index contributed by atoms with van der Waals surface area (Å²) in [6.07, 6.45) is 1.80. The van der Waals surface area contributed by atoms with Gasteiger partial charge in [-0.2, -0.15) is 0 Å². The zero-order valence-corrected chi connectivity index (χ0v) is 20.4. The van der Waals surface area contributed by atoms with E-state index >= 15 is 0 Å². The van der Waals surface area contributed by atoms with E-state index in [2.05, 4.69) is 13.2 Å². The second kappa shape index (κ2) is 14.3. The van der Waals surface area contributed by atoms with Gasteiger partial charge in [0, 0.05) is 26.2 Å². The van der Waals surface area contributed by atoms with Crippen molar-refractivity contribution in [3.8, 4) is 0 Å². The molecule has 14 heteroatoms. The smallest absolute Gasteiger partial charge is 0.748 e. The number of carbonyl (C=O) groups is 2. The van der Waals surface area contributed by atoms with E-state index in [0.717, 1.165) is 22.0 Å². The van der Waals surface area contributed by atoms with Crippen LogP contribution in [0.5, 0.6) is 0 Å². The van der Waals surface area contributed by atoms with Crippen LogP contribution in [0.25, 0.3) is 0 Å². The molecule has 0 fully saturated rings. The van der Waals surface area contributed by atoms with Crippen molar-refractivity contribution in [2.24, 2.45) is 0 Å². The summed E-state index contributed by atoms with van der Waals surface area (Å²) in [5.41, 5.74) is 0. The van der Waals surface area contributed by atoms with Crippen molar-refractivity contribution in [3.63, 3.8) is 0 Å². The Morgan fingerprint density at radius 3 is 1.19 bits per heavy atom. The Kier molecular flexibility index (Phi) is 17.0. The van der Waals surface area contributed by atoms with Crippen LogP contribution >= 0.6 is 0 Å². The van der Waals surface area contributed by atoms with E-state index in [9.17, 15) is 35.5 Å². The monoisotopic (exact) mass is 428 g/mol. The van der Waals surface area contributed by atoms with Gasteiger partial charge in [-0.1, -0.05) is 13.2 Å². The number of amides is 2. The fraction of sp³-hybridized carbons (Fsp3) is 0.500. The van der Waals surface area contributed by atoms with E-state index in [0.29, 0.717) is 0 Å². The minimum atomic E-state index is -4.55. The Bertz CT molecular complexity index is 634. The maximum Gasteiger partial charge on any atom is 1.00 e. The van der Waals surface area contributed by atoms with E-state index in [1.54, 1.807) is 0 Å². The summed E-state index contributed by atoms with van der Waals surface area (Å²) >= 11 is 0. The number of rotatable bonds is 11. The molecule has 0 saturated carbocycles. The molecule has 0 saturated heterocycles. The molecule has 2 amide bonds. The first-order valence-corrected chi connectivity index (χ1v) is 9.75. The summed E-state index contributed by atoms with van der Waals surface area (Å²) in [7, 11) is -9.09. The van der Waals surface area contributed by atoms with Gasteiger partial charge in [0.15, 0.2) is 0 Å². The Morgan fingerprint density at radius 2 is 1.00 bits per heavy atom. The molecule has 0 aliphatic rings. The van der Waals surface area contributed by atoms with Crippen LogP contribution in [0.4, 0.5) is 0 Å². The van der Waals surface area contributed by atoms with Crippen molar-refractivity contribution in [1.29, 1.82) is 0 Å². The van der Waals surface area contributed by atoms with Gasteiger partial charge in [-0.3, -0.25) is 9.59 Å². The SMILES string of the molecule is C=CC(=O)N(CCN(CCS(=O)(=O)[O-])C(=O)C=C)CCS(=O)(=O)[O-].[Na+].[Na+]. The van der Waals surface area contributed by atoms with Crippen molar-refractivity contribution in [3.05, 3.63) is 25.3 Å². The van der Waals surface area contributed by atoms with Gasteiger partial charge in [0.2, 0.25) is 11.8 Å². The fourth-order valence-corrected chi connectivity index (χ4v) is 2.50. The molecule has 0 radical (unpaired) electrons. The van der Waals surface area contributed by atoms with Gasteiger partial charge in [-0.25, -0.2) is 16.8 Å². The van der Waals surface area contributed by atoms with Gasteiger partial charge in [0.25, 0.3) is 0 Å². The molecule has 0 spiro atoms. The molecule has 138 valence electrons. The molecule has 0 bridgehead atoms. The molecule has 0 atom stereocenters. The van der Waals surface area contributed by atoms with Crippen molar-refractivity contribution in [2.45, 2.75) is 0 Å².